The van der Waals surface area contributed by atoms with E-state index in [9.17, 15) is 18.4 Å². The summed E-state index contributed by atoms with van der Waals surface area (Å²) in [5, 5.41) is 10.8. The Hall–Kier alpha value is -2.29. The number of hydrogen-bond donors (Lipinski definition) is 2. The lowest BCUT2D eigenvalue weighted by atomic mass is 10.2. The minimum absolute atomic E-state index is 0.0583. The molecule has 0 aromatic carbocycles. The highest BCUT2D eigenvalue weighted by molar-refractivity contribution is 5.96. The number of nitrogens with zero attached hydrogens (tertiary/aromatic N) is 1. The smallest absolute Gasteiger partial charge is 0.326 e. The number of carboxylic acid groups (broad SMARTS) is 1. The molecule has 0 spiro atoms. The van der Waals surface area contributed by atoms with Gasteiger partial charge in [0.05, 0.1) is 6.61 Å². The predicted octanol–water partition coefficient (Wildman–Crippen LogP) is 0.945. The van der Waals surface area contributed by atoms with Crippen molar-refractivity contribution >= 4 is 11.9 Å². The fraction of sp³-hybridized carbons (Fsp3) is 0.462. The van der Waals surface area contributed by atoms with Gasteiger partial charge in [0.25, 0.3) is 5.91 Å². The van der Waals surface area contributed by atoms with Gasteiger partial charge in [0, 0.05) is 31.4 Å². The molecule has 1 unspecified atom stereocenters. The van der Waals surface area contributed by atoms with E-state index >= 15 is 0 Å². The summed E-state index contributed by atoms with van der Waals surface area (Å²) in [6.07, 6.45) is -2.52. The number of rotatable bonds is 9. The van der Waals surface area contributed by atoms with Crippen LogP contribution in [-0.2, 0) is 9.53 Å². The van der Waals surface area contributed by atoms with Crippen molar-refractivity contribution in [3.63, 3.8) is 0 Å². The second-order valence-electron chi connectivity index (χ2n) is 4.22. The molecule has 0 aliphatic carbocycles. The van der Waals surface area contributed by atoms with Gasteiger partial charge in [-0.15, -0.1) is 0 Å². The maximum absolute atomic E-state index is 12.3. The minimum Gasteiger partial charge on any atom is -0.480 e. The van der Waals surface area contributed by atoms with E-state index in [2.05, 4.69) is 4.98 Å². The summed E-state index contributed by atoms with van der Waals surface area (Å²) in [6.45, 7) is 0.547. The number of carboxylic acids is 1. The maximum atomic E-state index is 12.3. The van der Waals surface area contributed by atoms with Gasteiger partial charge in [-0.25, -0.2) is 18.6 Å². The molecule has 0 radical (unpaired) electrons. The third kappa shape index (κ3) is 6.00. The first-order valence-corrected chi connectivity index (χ1v) is 6.33. The average molecular weight is 318 g/mol. The van der Waals surface area contributed by atoms with Crippen LogP contribution in [0.25, 0.3) is 0 Å². The summed E-state index contributed by atoms with van der Waals surface area (Å²) in [4.78, 5) is 26.6. The van der Waals surface area contributed by atoms with Crippen LogP contribution in [0.3, 0.4) is 0 Å². The first kappa shape index (κ1) is 17.8. The van der Waals surface area contributed by atoms with Crippen molar-refractivity contribution in [2.24, 2.45) is 0 Å². The standard InChI is InChI=1S/C13H16F2N2O5/c1-21-4-5-22-11-6-8(2-3-16-11)12(18)17-9(13(19)20)7-10(14)15/h2-3,6,9-10H,4-5,7H2,1H3,(H,17,18)(H,19,20). The molecule has 1 aromatic heterocycles. The van der Waals surface area contributed by atoms with Crippen LogP contribution in [0.1, 0.15) is 16.8 Å². The molecular weight excluding hydrogens is 302 g/mol. The number of halogens is 2. The van der Waals surface area contributed by atoms with Crippen molar-refractivity contribution < 1.29 is 33.0 Å². The molecule has 0 aliphatic rings. The number of alkyl halides is 2. The Bertz CT molecular complexity index is 513. The molecule has 0 saturated carbocycles. The summed E-state index contributed by atoms with van der Waals surface area (Å²) in [6, 6.07) is 0.935. The SMILES string of the molecule is COCCOc1cc(C(=O)NC(CC(F)F)C(=O)O)ccn1. The van der Waals surface area contributed by atoms with Crippen LogP contribution in [0.5, 0.6) is 5.88 Å². The molecule has 1 heterocycles. The van der Waals surface area contributed by atoms with Gasteiger partial charge in [0.15, 0.2) is 0 Å². The molecule has 9 heteroatoms. The Labute approximate surface area is 125 Å². The lowest BCUT2D eigenvalue weighted by molar-refractivity contribution is -0.140. The molecule has 1 rings (SSSR count). The monoisotopic (exact) mass is 318 g/mol. The first-order valence-electron chi connectivity index (χ1n) is 6.33. The highest BCUT2D eigenvalue weighted by Crippen LogP contribution is 2.11. The van der Waals surface area contributed by atoms with Crippen molar-refractivity contribution in [3.05, 3.63) is 23.9 Å². The zero-order valence-corrected chi connectivity index (χ0v) is 11.8. The summed E-state index contributed by atoms with van der Waals surface area (Å²) in [5.41, 5.74) is 0.0583. The van der Waals surface area contributed by atoms with Gasteiger partial charge in [-0.3, -0.25) is 4.79 Å². The van der Waals surface area contributed by atoms with Crippen molar-refractivity contribution in [3.8, 4) is 5.88 Å². The fourth-order valence-electron chi connectivity index (χ4n) is 1.50. The molecule has 0 bridgehead atoms. The van der Waals surface area contributed by atoms with Crippen LogP contribution in [0.15, 0.2) is 18.3 Å². The van der Waals surface area contributed by atoms with Crippen LogP contribution in [-0.4, -0.2) is 54.8 Å². The van der Waals surface area contributed by atoms with E-state index in [1.807, 2.05) is 5.32 Å². The quantitative estimate of drug-likeness (QED) is 0.658. The second kappa shape index (κ2) is 8.88. The number of carbonyl (C=O) groups excluding carboxylic acids is 1. The zero-order valence-electron chi connectivity index (χ0n) is 11.8. The molecule has 122 valence electrons. The molecule has 1 atom stereocenters. The summed E-state index contributed by atoms with van der Waals surface area (Å²) < 4.78 is 34.5. The maximum Gasteiger partial charge on any atom is 0.326 e. The largest absolute Gasteiger partial charge is 0.480 e. The van der Waals surface area contributed by atoms with E-state index in [0.29, 0.717) is 6.61 Å². The Kier molecular flexibility index (Phi) is 7.17. The topological polar surface area (TPSA) is 97.8 Å². The Morgan fingerprint density at radius 1 is 1.41 bits per heavy atom. The molecule has 0 aliphatic heterocycles. The number of methoxy groups -OCH3 is 1. The minimum atomic E-state index is -2.84. The summed E-state index contributed by atoms with van der Waals surface area (Å²) in [5.74, 6) is -2.18. The van der Waals surface area contributed by atoms with Crippen LogP contribution >= 0.6 is 0 Å². The van der Waals surface area contributed by atoms with Crippen LogP contribution in [0.2, 0.25) is 0 Å². The number of carbonyl (C=O) groups is 2. The van der Waals surface area contributed by atoms with Crippen molar-refractivity contribution in [2.75, 3.05) is 20.3 Å². The Balaban J connectivity index is 2.71. The normalized spacial score (nSPS) is 12.0. The Morgan fingerprint density at radius 2 is 2.14 bits per heavy atom. The average Bonchev–Trinajstić information content (AvgIpc) is 2.46. The lowest BCUT2D eigenvalue weighted by Crippen LogP contribution is -2.42. The first-order chi connectivity index (χ1) is 10.4. The van der Waals surface area contributed by atoms with Gasteiger partial charge in [0.1, 0.15) is 12.6 Å². The van der Waals surface area contributed by atoms with Gasteiger partial charge in [-0.1, -0.05) is 0 Å². The fourth-order valence-corrected chi connectivity index (χ4v) is 1.50. The van der Waals surface area contributed by atoms with Gasteiger partial charge < -0.3 is 19.9 Å². The molecule has 7 nitrogen and oxygen atoms in total. The molecular formula is C13H16F2N2O5. The molecule has 22 heavy (non-hydrogen) atoms. The highest BCUT2D eigenvalue weighted by Gasteiger charge is 2.24. The Morgan fingerprint density at radius 3 is 2.73 bits per heavy atom. The van der Waals surface area contributed by atoms with E-state index in [-0.39, 0.29) is 18.1 Å². The summed E-state index contributed by atoms with van der Waals surface area (Å²) in [7, 11) is 1.50. The number of hydrogen-bond acceptors (Lipinski definition) is 5. The van der Waals surface area contributed by atoms with Gasteiger partial charge >= 0.3 is 5.97 Å². The van der Waals surface area contributed by atoms with E-state index in [1.165, 1.54) is 25.4 Å². The number of pyridine rings is 1. The lowest BCUT2D eigenvalue weighted by Gasteiger charge is -2.14. The van der Waals surface area contributed by atoms with E-state index in [1.54, 1.807) is 0 Å². The van der Waals surface area contributed by atoms with Gasteiger partial charge in [-0.2, -0.15) is 0 Å². The van der Waals surface area contributed by atoms with Gasteiger partial charge in [0.2, 0.25) is 12.3 Å². The van der Waals surface area contributed by atoms with E-state index in [4.69, 9.17) is 14.6 Å². The zero-order chi connectivity index (χ0) is 16.5. The van der Waals surface area contributed by atoms with Crippen molar-refractivity contribution in [2.45, 2.75) is 18.9 Å². The van der Waals surface area contributed by atoms with Crippen LogP contribution in [0, 0.1) is 0 Å². The number of amides is 1. The molecule has 1 aromatic rings. The highest BCUT2D eigenvalue weighted by atomic mass is 19.3. The number of nitrogens with one attached hydrogen (secondary N) is 1. The number of aromatic nitrogens is 1. The van der Waals surface area contributed by atoms with Crippen LogP contribution < -0.4 is 10.1 Å². The van der Waals surface area contributed by atoms with Gasteiger partial charge in [-0.05, 0) is 6.07 Å². The third-order valence-corrected chi connectivity index (χ3v) is 2.55. The molecule has 0 fully saturated rings. The number of aliphatic carboxylic acids is 1. The second-order valence-corrected chi connectivity index (χ2v) is 4.22. The molecule has 1 amide bonds. The van der Waals surface area contributed by atoms with Crippen molar-refractivity contribution in [1.29, 1.82) is 0 Å². The predicted molar refractivity (Wildman–Crippen MR) is 71.1 cm³/mol. The van der Waals surface area contributed by atoms with E-state index in [0.717, 1.165) is 0 Å². The third-order valence-electron chi connectivity index (χ3n) is 2.55. The number of ether oxygens (including phenoxy) is 2. The molecule has 0 saturated heterocycles. The van der Waals surface area contributed by atoms with Crippen LogP contribution in [0.4, 0.5) is 8.78 Å². The summed E-state index contributed by atoms with van der Waals surface area (Å²) >= 11 is 0. The molecule has 2 N–H and O–H groups in total. The van der Waals surface area contributed by atoms with E-state index < -0.39 is 30.8 Å². The van der Waals surface area contributed by atoms with Crippen molar-refractivity contribution in [1.82, 2.24) is 10.3 Å².